The number of hydrogen-bond donors (Lipinski definition) is 4. The maximum absolute atomic E-state index is 12.3. The number of hydrazine groups is 1. The first-order valence-corrected chi connectivity index (χ1v) is 8.21. The van der Waals surface area contributed by atoms with Gasteiger partial charge in [0, 0.05) is 7.05 Å². The van der Waals surface area contributed by atoms with Crippen LogP contribution in [-0.4, -0.2) is 50.7 Å². The minimum absolute atomic E-state index is 0.0538. The Bertz CT molecular complexity index is 717. The molecular weight excluding hydrogens is 338 g/mol. The van der Waals surface area contributed by atoms with Gasteiger partial charge in [0.15, 0.2) is 0 Å². The summed E-state index contributed by atoms with van der Waals surface area (Å²) >= 11 is 0. The van der Waals surface area contributed by atoms with Crippen LogP contribution in [0.5, 0.6) is 0 Å². The second-order valence-corrected chi connectivity index (χ2v) is 6.93. The number of urea groups is 1. The zero-order valence-corrected chi connectivity index (χ0v) is 14.0. The van der Waals surface area contributed by atoms with Crippen LogP contribution >= 0.6 is 0 Å². The van der Waals surface area contributed by atoms with Crippen LogP contribution in [0.3, 0.4) is 0 Å². The Morgan fingerprint density at radius 3 is 2.17 bits per heavy atom. The van der Waals surface area contributed by atoms with E-state index in [1.54, 1.807) is 12.1 Å². The molecule has 1 aromatic carbocycles. The summed E-state index contributed by atoms with van der Waals surface area (Å²) in [7, 11) is -2.58. The summed E-state index contributed by atoms with van der Waals surface area (Å²) in [5.74, 6) is -1.47. The molecule has 0 aliphatic carbocycles. The molecule has 1 aromatic rings. The number of aryl methyl sites for hydroxylation is 1. The standard InChI is InChI=1S/C13H19N5O5S/c1-9-3-5-10(6-4-9)24(22,23)18(2)8-12(20)17-16-11(19)7-15-13(14)21/h3-6H,7-8H2,1-2H3,(H,16,19)(H,17,20)(H3,14,15,21). The van der Waals surface area contributed by atoms with E-state index in [1.165, 1.54) is 19.2 Å². The smallest absolute Gasteiger partial charge is 0.312 e. The average Bonchev–Trinajstić information content (AvgIpc) is 2.51. The second-order valence-electron chi connectivity index (χ2n) is 4.89. The zero-order valence-electron chi connectivity index (χ0n) is 13.2. The SMILES string of the molecule is Cc1ccc(S(=O)(=O)N(C)CC(=O)NNC(=O)CNC(N)=O)cc1. The fourth-order valence-corrected chi connectivity index (χ4v) is 2.70. The number of sulfonamides is 1. The zero-order chi connectivity index (χ0) is 18.3. The molecule has 24 heavy (non-hydrogen) atoms. The largest absolute Gasteiger partial charge is 0.352 e. The maximum Gasteiger partial charge on any atom is 0.312 e. The molecule has 0 saturated heterocycles. The first-order chi connectivity index (χ1) is 11.1. The Morgan fingerprint density at radius 1 is 1.08 bits per heavy atom. The lowest BCUT2D eigenvalue weighted by Gasteiger charge is -2.17. The van der Waals surface area contributed by atoms with Crippen LogP contribution in [0.15, 0.2) is 29.2 Å². The molecule has 11 heteroatoms. The number of nitrogens with two attached hydrogens (primary N) is 1. The molecular formula is C13H19N5O5S. The average molecular weight is 357 g/mol. The highest BCUT2D eigenvalue weighted by atomic mass is 32.2. The van der Waals surface area contributed by atoms with Crippen LogP contribution in [0, 0.1) is 6.92 Å². The lowest BCUT2D eigenvalue weighted by Crippen LogP contribution is -2.49. The van der Waals surface area contributed by atoms with E-state index >= 15 is 0 Å². The van der Waals surface area contributed by atoms with Gasteiger partial charge in [0.05, 0.1) is 11.4 Å². The minimum Gasteiger partial charge on any atom is -0.352 e. The molecule has 4 amide bonds. The monoisotopic (exact) mass is 357 g/mol. The van der Waals surface area contributed by atoms with Crippen molar-refractivity contribution >= 4 is 27.9 Å². The molecule has 1 rings (SSSR count). The van der Waals surface area contributed by atoms with Gasteiger partial charge >= 0.3 is 6.03 Å². The molecule has 0 unspecified atom stereocenters. The summed E-state index contributed by atoms with van der Waals surface area (Å²) in [6, 6.07) is 5.28. The van der Waals surface area contributed by atoms with E-state index in [9.17, 15) is 22.8 Å². The number of nitrogens with zero attached hydrogens (tertiary/aromatic N) is 1. The first-order valence-electron chi connectivity index (χ1n) is 6.77. The van der Waals surface area contributed by atoms with Crippen molar-refractivity contribution in [3.05, 3.63) is 29.8 Å². The Hall–Kier alpha value is -2.66. The van der Waals surface area contributed by atoms with Crippen LogP contribution in [-0.2, 0) is 19.6 Å². The highest BCUT2D eigenvalue weighted by Gasteiger charge is 2.22. The molecule has 0 atom stereocenters. The number of hydrogen-bond acceptors (Lipinski definition) is 5. The van der Waals surface area contributed by atoms with E-state index in [0.29, 0.717) is 0 Å². The molecule has 0 radical (unpaired) electrons. The predicted molar refractivity (Wildman–Crippen MR) is 84.9 cm³/mol. The van der Waals surface area contributed by atoms with Gasteiger partial charge in [0.1, 0.15) is 6.54 Å². The van der Waals surface area contributed by atoms with Crippen LogP contribution < -0.4 is 21.9 Å². The molecule has 0 bridgehead atoms. The van der Waals surface area contributed by atoms with Gasteiger partial charge < -0.3 is 11.1 Å². The highest BCUT2D eigenvalue weighted by Crippen LogP contribution is 2.14. The van der Waals surface area contributed by atoms with Crippen LogP contribution in [0.2, 0.25) is 0 Å². The van der Waals surface area contributed by atoms with Crippen molar-refractivity contribution in [3.63, 3.8) is 0 Å². The van der Waals surface area contributed by atoms with Gasteiger partial charge in [0.25, 0.3) is 11.8 Å². The normalized spacial score (nSPS) is 11.0. The van der Waals surface area contributed by atoms with Gasteiger partial charge in [0.2, 0.25) is 10.0 Å². The number of primary amides is 1. The van der Waals surface area contributed by atoms with E-state index in [1.807, 2.05) is 23.1 Å². The highest BCUT2D eigenvalue weighted by molar-refractivity contribution is 7.89. The van der Waals surface area contributed by atoms with Gasteiger partial charge in [-0.25, -0.2) is 13.2 Å². The molecule has 0 aliphatic heterocycles. The molecule has 132 valence electrons. The number of amides is 4. The first kappa shape index (κ1) is 19.4. The van der Waals surface area contributed by atoms with Crippen molar-refractivity contribution in [2.45, 2.75) is 11.8 Å². The third-order valence-corrected chi connectivity index (χ3v) is 4.68. The summed E-state index contributed by atoms with van der Waals surface area (Å²) in [6.45, 7) is 0.899. The van der Waals surface area contributed by atoms with Gasteiger partial charge in [-0.1, -0.05) is 17.7 Å². The molecule has 0 fully saturated rings. The summed E-state index contributed by atoms with van der Waals surface area (Å²) in [4.78, 5) is 33.4. The van der Waals surface area contributed by atoms with Crippen molar-refractivity contribution in [2.24, 2.45) is 5.73 Å². The van der Waals surface area contributed by atoms with Gasteiger partial charge in [-0.05, 0) is 19.1 Å². The number of benzene rings is 1. The lowest BCUT2D eigenvalue weighted by atomic mass is 10.2. The number of rotatable bonds is 6. The summed E-state index contributed by atoms with van der Waals surface area (Å²) in [5, 5.41) is 2.03. The quantitative estimate of drug-likeness (QED) is 0.454. The molecule has 0 saturated carbocycles. The van der Waals surface area contributed by atoms with E-state index in [4.69, 9.17) is 5.73 Å². The fourth-order valence-electron chi connectivity index (χ4n) is 1.57. The molecule has 0 aromatic heterocycles. The minimum atomic E-state index is -3.82. The van der Waals surface area contributed by atoms with Gasteiger partial charge in [-0.3, -0.25) is 20.4 Å². The van der Waals surface area contributed by atoms with Crippen LogP contribution in [0.1, 0.15) is 5.56 Å². The Morgan fingerprint density at radius 2 is 1.62 bits per heavy atom. The number of likely N-dealkylation sites (N-methyl/N-ethyl adjacent to an activating group) is 1. The number of carbonyl (C=O) groups excluding carboxylic acids is 3. The van der Waals surface area contributed by atoms with E-state index in [2.05, 4.69) is 0 Å². The van der Waals surface area contributed by atoms with Crippen LogP contribution in [0.4, 0.5) is 4.79 Å². The lowest BCUT2D eigenvalue weighted by molar-refractivity contribution is -0.128. The van der Waals surface area contributed by atoms with E-state index in [-0.39, 0.29) is 4.90 Å². The van der Waals surface area contributed by atoms with Gasteiger partial charge in [-0.2, -0.15) is 4.31 Å². The Labute approximate surface area is 139 Å². The Balaban J connectivity index is 2.55. The van der Waals surface area contributed by atoms with Crippen molar-refractivity contribution in [3.8, 4) is 0 Å². The summed E-state index contributed by atoms with van der Waals surface area (Å²) in [5.41, 5.74) is 9.73. The van der Waals surface area contributed by atoms with Crippen molar-refractivity contribution in [1.29, 1.82) is 0 Å². The van der Waals surface area contributed by atoms with Crippen molar-refractivity contribution < 1.29 is 22.8 Å². The summed E-state index contributed by atoms with van der Waals surface area (Å²) in [6.07, 6.45) is 0. The summed E-state index contributed by atoms with van der Waals surface area (Å²) < 4.78 is 25.4. The Kier molecular flexibility index (Phi) is 6.68. The molecule has 0 aliphatic rings. The van der Waals surface area contributed by atoms with Crippen molar-refractivity contribution in [2.75, 3.05) is 20.1 Å². The van der Waals surface area contributed by atoms with Crippen LogP contribution in [0.25, 0.3) is 0 Å². The maximum atomic E-state index is 12.3. The molecule has 10 nitrogen and oxygen atoms in total. The molecule has 0 heterocycles. The van der Waals surface area contributed by atoms with E-state index in [0.717, 1.165) is 9.87 Å². The predicted octanol–water partition coefficient (Wildman–Crippen LogP) is -1.57. The second kappa shape index (κ2) is 8.26. The number of carbonyl (C=O) groups is 3. The fraction of sp³-hybridized carbons (Fsp3) is 0.308. The van der Waals surface area contributed by atoms with E-state index < -0.39 is 41.0 Å². The third-order valence-electron chi connectivity index (χ3n) is 2.86. The molecule has 5 N–H and O–H groups in total. The molecule has 0 spiro atoms. The topological polar surface area (TPSA) is 151 Å². The number of nitrogens with one attached hydrogen (secondary N) is 3. The van der Waals surface area contributed by atoms with Gasteiger partial charge in [-0.15, -0.1) is 0 Å². The van der Waals surface area contributed by atoms with Crippen molar-refractivity contribution in [1.82, 2.24) is 20.5 Å². The third kappa shape index (κ3) is 5.85.